The Labute approximate surface area is 172 Å². The van der Waals surface area contributed by atoms with Gasteiger partial charge in [-0.25, -0.2) is 14.6 Å². The minimum absolute atomic E-state index is 0.0262. The lowest BCUT2D eigenvalue weighted by atomic mass is 9.95. The van der Waals surface area contributed by atoms with Crippen LogP contribution in [0.4, 0.5) is 4.79 Å². The number of nitrogens with one attached hydrogen (secondary N) is 2. The number of carbonyl (C=O) groups is 2. The minimum Gasteiger partial charge on any atom is -0.463 e. The first kappa shape index (κ1) is 19.4. The quantitative estimate of drug-likeness (QED) is 0.635. The molecule has 1 unspecified atom stereocenters. The highest BCUT2D eigenvalue weighted by atomic mass is 16.5. The molecule has 1 aliphatic heterocycles. The molecular weight excluding hydrogens is 384 g/mol. The molecule has 0 bridgehead atoms. The fourth-order valence-corrected chi connectivity index (χ4v) is 3.48. The van der Waals surface area contributed by atoms with Gasteiger partial charge in [0.2, 0.25) is 0 Å². The number of benzene rings is 2. The van der Waals surface area contributed by atoms with Gasteiger partial charge in [-0.3, -0.25) is 9.36 Å². The van der Waals surface area contributed by atoms with Gasteiger partial charge in [0.05, 0.1) is 47.7 Å². The molecule has 2 N–H and O–H groups in total. The van der Waals surface area contributed by atoms with Crippen molar-refractivity contribution in [3.05, 3.63) is 88.1 Å². The summed E-state index contributed by atoms with van der Waals surface area (Å²) >= 11 is 0. The van der Waals surface area contributed by atoms with Crippen LogP contribution in [0.15, 0.2) is 77.0 Å². The van der Waals surface area contributed by atoms with Gasteiger partial charge in [0.15, 0.2) is 0 Å². The van der Waals surface area contributed by atoms with Gasteiger partial charge in [0, 0.05) is 0 Å². The van der Waals surface area contributed by atoms with Crippen LogP contribution in [-0.2, 0) is 16.1 Å². The zero-order valence-electron chi connectivity index (χ0n) is 16.3. The molecule has 1 aliphatic rings. The lowest BCUT2D eigenvalue weighted by molar-refractivity contribution is -0.139. The van der Waals surface area contributed by atoms with Gasteiger partial charge in [-0.15, -0.1) is 0 Å². The van der Waals surface area contributed by atoms with Crippen molar-refractivity contribution in [3.63, 3.8) is 0 Å². The number of allylic oxidation sites excluding steroid dienone is 1. The van der Waals surface area contributed by atoms with E-state index in [-0.39, 0.29) is 24.3 Å². The number of amides is 2. The summed E-state index contributed by atoms with van der Waals surface area (Å²) in [5.41, 5.74) is 1.60. The average molecular weight is 404 g/mol. The van der Waals surface area contributed by atoms with Gasteiger partial charge in [0.25, 0.3) is 5.56 Å². The van der Waals surface area contributed by atoms with Crippen molar-refractivity contribution in [2.24, 2.45) is 0 Å². The minimum atomic E-state index is -0.696. The number of aromatic nitrogens is 2. The molecule has 2 heterocycles. The van der Waals surface area contributed by atoms with Crippen LogP contribution in [0.25, 0.3) is 10.9 Å². The van der Waals surface area contributed by atoms with E-state index in [1.807, 2.05) is 30.3 Å². The average Bonchev–Trinajstić information content (AvgIpc) is 2.76. The molecule has 8 heteroatoms. The van der Waals surface area contributed by atoms with E-state index in [9.17, 15) is 14.4 Å². The Morgan fingerprint density at radius 2 is 1.83 bits per heavy atom. The Hall–Kier alpha value is -3.94. The number of hydrogen-bond donors (Lipinski definition) is 2. The largest absolute Gasteiger partial charge is 0.463 e. The Morgan fingerprint density at radius 1 is 1.10 bits per heavy atom. The molecule has 1 atom stereocenters. The second kappa shape index (κ2) is 8.20. The highest BCUT2D eigenvalue weighted by Crippen LogP contribution is 2.28. The van der Waals surface area contributed by atoms with Crippen LogP contribution in [0.1, 0.15) is 18.5 Å². The zero-order valence-corrected chi connectivity index (χ0v) is 16.3. The first-order valence-corrected chi connectivity index (χ1v) is 9.55. The van der Waals surface area contributed by atoms with Crippen LogP contribution >= 0.6 is 0 Å². The summed E-state index contributed by atoms with van der Waals surface area (Å²) < 4.78 is 6.61. The Morgan fingerprint density at radius 3 is 2.60 bits per heavy atom. The van der Waals surface area contributed by atoms with E-state index in [0.29, 0.717) is 16.6 Å². The molecule has 0 radical (unpaired) electrons. The third kappa shape index (κ3) is 3.67. The molecular formula is C22H20N4O4. The second-order valence-corrected chi connectivity index (χ2v) is 6.75. The van der Waals surface area contributed by atoms with Crippen LogP contribution in [0.3, 0.4) is 0 Å². The summed E-state index contributed by atoms with van der Waals surface area (Å²) in [4.78, 5) is 42.4. The first-order valence-electron chi connectivity index (χ1n) is 9.55. The number of carbonyl (C=O) groups excluding carboxylic acids is 2. The molecule has 0 spiro atoms. The van der Waals surface area contributed by atoms with Crippen molar-refractivity contribution in [3.8, 4) is 0 Å². The number of fused-ring (bicyclic) bond motifs is 1. The summed E-state index contributed by atoms with van der Waals surface area (Å²) in [6.07, 6.45) is 1.41. The number of para-hydroxylation sites is 1. The van der Waals surface area contributed by atoms with E-state index in [4.69, 9.17) is 4.74 Å². The van der Waals surface area contributed by atoms with Crippen molar-refractivity contribution in [1.29, 1.82) is 0 Å². The van der Waals surface area contributed by atoms with Crippen LogP contribution < -0.4 is 16.2 Å². The number of hydrogen-bond acceptors (Lipinski definition) is 5. The SMILES string of the molecule is CCOC(=O)C1=C(Cn2cnc3ccccc3c2=O)NC(=O)NC1c1ccccc1. The van der Waals surface area contributed by atoms with Crippen molar-refractivity contribution in [2.45, 2.75) is 19.5 Å². The number of nitrogens with zero attached hydrogens (tertiary/aromatic N) is 2. The third-order valence-electron chi connectivity index (χ3n) is 4.84. The molecule has 1 aromatic heterocycles. The molecule has 0 fully saturated rings. The Kier molecular flexibility index (Phi) is 5.30. The molecule has 2 aromatic carbocycles. The second-order valence-electron chi connectivity index (χ2n) is 6.75. The van der Waals surface area contributed by atoms with E-state index in [0.717, 1.165) is 5.56 Å². The van der Waals surface area contributed by atoms with E-state index in [1.54, 1.807) is 31.2 Å². The third-order valence-corrected chi connectivity index (χ3v) is 4.84. The summed E-state index contributed by atoms with van der Waals surface area (Å²) in [5.74, 6) is -0.560. The van der Waals surface area contributed by atoms with Crippen LogP contribution in [0.5, 0.6) is 0 Å². The van der Waals surface area contributed by atoms with Crippen LogP contribution in [0.2, 0.25) is 0 Å². The van der Waals surface area contributed by atoms with Crippen molar-refractivity contribution >= 4 is 22.9 Å². The molecule has 8 nitrogen and oxygen atoms in total. The van der Waals surface area contributed by atoms with Gasteiger partial charge in [-0.2, -0.15) is 0 Å². The number of rotatable bonds is 5. The maximum Gasteiger partial charge on any atom is 0.338 e. The molecule has 0 saturated carbocycles. The Bertz CT molecular complexity index is 1200. The van der Waals surface area contributed by atoms with Crippen molar-refractivity contribution in [1.82, 2.24) is 20.2 Å². The predicted molar refractivity (Wildman–Crippen MR) is 111 cm³/mol. The molecule has 30 heavy (non-hydrogen) atoms. The molecule has 3 aromatic rings. The van der Waals surface area contributed by atoms with Crippen LogP contribution in [-0.4, -0.2) is 28.2 Å². The van der Waals surface area contributed by atoms with E-state index < -0.39 is 18.0 Å². The monoisotopic (exact) mass is 404 g/mol. The molecule has 0 aliphatic carbocycles. The van der Waals surface area contributed by atoms with Crippen molar-refractivity contribution in [2.75, 3.05) is 6.61 Å². The topological polar surface area (TPSA) is 102 Å². The molecule has 2 amide bonds. The van der Waals surface area contributed by atoms with Gasteiger partial charge in [-0.1, -0.05) is 42.5 Å². The van der Waals surface area contributed by atoms with Crippen molar-refractivity contribution < 1.29 is 14.3 Å². The molecule has 4 rings (SSSR count). The number of ether oxygens (including phenoxy) is 1. The van der Waals surface area contributed by atoms with Gasteiger partial charge in [-0.05, 0) is 24.6 Å². The highest BCUT2D eigenvalue weighted by molar-refractivity contribution is 5.95. The fourth-order valence-electron chi connectivity index (χ4n) is 3.48. The first-order chi connectivity index (χ1) is 14.6. The zero-order chi connectivity index (χ0) is 21.1. The summed E-state index contributed by atoms with van der Waals surface area (Å²) in [7, 11) is 0. The predicted octanol–water partition coefficient (Wildman–Crippen LogP) is 2.27. The lowest BCUT2D eigenvalue weighted by Crippen LogP contribution is -2.47. The molecule has 152 valence electrons. The normalized spacial score (nSPS) is 16.2. The maximum atomic E-state index is 12.9. The Balaban J connectivity index is 1.83. The summed E-state index contributed by atoms with van der Waals surface area (Å²) in [6.45, 7) is 1.87. The van der Waals surface area contributed by atoms with Crippen LogP contribution in [0, 0.1) is 0 Å². The summed E-state index contributed by atoms with van der Waals surface area (Å²) in [5, 5.41) is 5.90. The van der Waals surface area contributed by atoms with Gasteiger partial charge < -0.3 is 15.4 Å². The summed E-state index contributed by atoms with van der Waals surface area (Å²) in [6, 6.07) is 15.0. The lowest BCUT2D eigenvalue weighted by Gasteiger charge is -2.29. The number of urea groups is 1. The maximum absolute atomic E-state index is 12.9. The fraction of sp³-hybridized carbons (Fsp3) is 0.182. The van der Waals surface area contributed by atoms with E-state index in [2.05, 4.69) is 15.6 Å². The highest BCUT2D eigenvalue weighted by Gasteiger charge is 2.33. The van der Waals surface area contributed by atoms with E-state index in [1.165, 1.54) is 10.9 Å². The van der Waals surface area contributed by atoms with E-state index >= 15 is 0 Å². The van der Waals surface area contributed by atoms with Gasteiger partial charge >= 0.3 is 12.0 Å². The standard InChI is InChI=1S/C22H20N4O4/c1-2-30-21(28)18-17(24-22(29)25-19(18)14-8-4-3-5-9-14)12-26-13-23-16-11-7-6-10-15(16)20(26)27/h3-11,13,19H,2,12H2,1H3,(H2,24,25,29). The number of esters is 1. The molecule has 0 saturated heterocycles. The smallest absolute Gasteiger partial charge is 0.338 e. The van der Waals surface area contributed by atoms with Gasteiger partial charge in [0.1, 0.15) is 0 Å².